The average Bonchev–Trinajstić information content (AvgIpc) is 2.40. The van der Waals surface area contributed by atoms with Gasteiger partial charge in [0.15, 0.2) is 0 Å². The average molecular weight is 328 g/mol. The molecule has 1 rings (SSSR count). The number of aryl methyl sites for hydroxylation is 1. The molecule has 3 N–H and O–H groups in total. The molecule has 0 aliphatic heterocycles. The molecule has 0 aromatic heterocycles. The molecular weight excluding hydrogens is 307 g/mol. The van der Waals surface area contributed by atoms with E-state index in [1.165, 1.54) is 0 Å². The molecule has 0 radical (unpaired) electrons. The van der Waals surface area contributed by atoms with Crippen molar-refractivity contribution in [2.75, 3.05) is 6.16 Å². The maximum absolute atomic E-state index is 12.6. The molecule has 122 valence electrons. The van der Waals surface area contributed by atoms with E-state index in [9.17, 15) is 19.0 Å². The van der Waals surface area contributed by atoms with Gasteiger partial charge in [0.25, 0.3) is 0 Å². The summed E-state index contributed by atoms with van der Waals surface area (Å²) in [6, 6.07) is 3.28. The van der Waals surface area contributed by atoms with Gasteiger partial charge in [0.05, 0.1) is 5.92 Å². The minimum Gasteiger partial charge on any atom is -0.481 e. The molecule has 7 heteroatoms. The van der Waals surface area contributed by atoms with Crippen molar-refractivity contribution in [3.05, 3.63) is 28.8 Å². The highest BCUT2D eigenvalue weighted by Gasteiger charge is 2.32. The van der Waals surface area contributed by atoms with Crippen molar-refractivity contribution in [1.29, 1.82) is 0 Å². The van der Waals surface area contributed by atoms with E-state index in [0.29, 0.717) is 5.56 Å². The fraction of sp³-hybridized carbons (Fsp3) is 0.467. The van der Waals surface area contributed by atoms with Crippen LogP contribution in [-0.2, 0) is 14.2 Å². The van der Waals surface area contributed by atoms with Crippen molar-refractivity contribution >= 4 is 24.6 Å². The van der Waals surface area contributed by atoms with E-state index in [2.05, 4.69) is 0 Å². The summed E-state index contributed by atoms with van der Waals surface area (Å²) in [5, 5.41) is 18.0. The van der Waals surface area contributed by atoms with Gasteiger partial charge in [-0.15, -0.1) is 0 Å². The second-order valence-corrected chi connectivity index (χ2v) is 7.75. The normalized spacial score (nSPS) is 15.1. The quantitative estimate of drug-likeness (QED) is 0.661. The van der Waals surface area contributed by atoms with Crippen LogP contribution in [0.3, 0.4) is 0 Å². The lowest BCUT2D eigenvalue weighted by atomic mass is 10.1. The summed E-state index contributed by atoms with van der Waals surface area (Å²) in [6.45, 7) is 5.46. The van der Waals surface area contributed by atoms with Crippen LogP contribution in [0.15, 0.2) is 12.1 Å². The third-order valence-electron chi connectivity index (χ3n) is 3.93. The minimum atomic E-state index is -3.87. The molecule has 2 atom stereocenters. The second-order valence-electron chi connectivity index (χ2n) is 5.50. The van der Waals surface area contributed by atoms with E-state index in [0.717, 1.165) is 11.1 Å². The van der Waals surface area contributed by atoms with Crippen LogP contribution in [0.5, 0.6) is 0 Å². The fourth-order valence-corrected chi connectivity index (χ4v) is 4.44. The van der Waals surface area contributed by atoms with E-state index in [-0.39, 0.29) is 18.1 Å². The molecule has 22 heavy (non-hydrogen) atoms. The Hall–Kier alpha value is -1.65. The van der Waals surface area contributed by atoms with Crippen LogP contribution < -0.4 is 5.30 Å². The number of hydrogen-bond acceptors (Lipinski definition) is 3. The lowest BCUT2D eigenvalue weighted by molar-refractivity contribution is -0.142. The highest BCUT2D eigenvalue weighted by Crippen LogP contribution is 2.43. The number of carboxylic acids is 2. The zero-order chi connectivity index (χ0) is 17.1. The molecule has 0 aliphatic carbocycles. The van der Waals surface area contributed by atoms with Crippen LogP contribution in [0.4, 0.5) is 0 Å². The van der Waals surface area contributed by atoms with E-state index in [1.54, 1.807) is 19.1 Å². The van der Waals surface area contributed by atoms with Gasteiger partial charge in [-0.1, -0.05) is 6.07 Å². The second kappa shape index (κ2) is 7.07. The smallest absolute Gasteiger partial charge is 0.307 e. The molecule has 0 aliphatic rings. The maximum atomic E-state index is 12.6. The minimum absolute atomic E-state index is 0.168. The highest BCUT2D eigenvalue weighted by atomic mass is 31.2. The summed E-state index contributed by atoms with van der Waals surface area (Å²) in [4.78, 5) is 32.1. The summed E-state index contributed by atoms with van der Waals surface area (Å²) in [6.07, 6.45) is -0.971. The Morgan fingerprint density at radius 2 is 1.73 bits per heavy atom. The van der Waals surface area contributed by atoms with Crippen molar-refractivity contribution < 1.29 is 29.3 Å². The Labute approximate surface area is 129 Å². The van der Waals surface area contributed by atoms with Crippen molar-refractivity contribution in [2.24, 2.45) is 5.92 Å². The van der Waals surface area contributed by atoms with Crippen LogP contribution in [-0.4, -0.2) is 33.2 Å². The van der Waals surface area contributed by atoms with Gasteiger partial charge >= 0.3 is 11.9 Å². The van der Waals surface area contributed by atoms with Gasteiger partial charge in [0, 0.05) is 17.9 Å². The lowest BCUT2D eigenvalue weighted by Gasteiger charge is -2.20. The molecule has 0 amide bonds. The number of aliphatic carboxylic acids is 2. The highest BCUT2D eigenvalue weighted by molar-refractivity contribution is 7.66. The first kappa shape index (κ1) is 18.4. The Morgan fingerprint density at radius 3 is 2.23 bits per heavy atom. The monoisotopic (exact) mass is 328 g/mol. The molecule has 1 aromatic rings. The molecule has 0 spiro atoms. The molecule has 0 heterocycles. The van der Waals surface area contributed by atoms with Crippen molar-refractivity contribution in [3.63, 3.8) is 0 Å². The lowest BCUT2D eigenvalue weighted by Crippen LogP contribution is -2.23. The molecule has 0 bridgehead atoms. The molecule has 0 saturated heterocycles. The zero-order valence-electron chi connectivity index (χ0n) is 12.9. The molecule has 0 fully saturated rings. The number of carbonyl (C=O) groups is 2. The largest absolute Gasteiger partial charge is 0.481 e. The van der Waals surface area contributed by atoms with Gasteiger partial charge in [0.1, 0.15) is 0 Å². The number of rotatable bonds is 7. The SMILES string of the molecule is Cc1ccc(P(=O)(O)CC(CCC(=O)O)C(=O)O)c(C)c1C. The van der Waals surface area contributed by atoms with Crippen LogP contribution in [0.2, 0.25) is 0 Å². The van der Waals surface area contributed by atoms with Crippen LogP contribution in [0, 0.1) is 26.7 Å². The van der Waals surface area contributed by atoms with E-state index in [1.807, 2.05) is 13.8 Å². The summed E-state index contributed by atoms with van der Waals surface area (Å²) < 4.78 is 12.6. The summed E-state index contributed by atoms with van der Waals surface area (Å²) >= 11 is 0. The number of benzene rings is 1. The zero-order valence-corrected chi connectivity index (χ0v) is 13.8. The first-order valence-corrected chi connectivity index (χ1v) is 8.74. The van der Waals surface area contributed by atoms with Crippen molar-refractivity contribution in [2.45, 2.75) is 33.6 Å². The van der Waals surface area contributed by atoms with Gasteiger partial charge in [-0.25, -0.2) is 0 Å². The number of carboxylic acid groups (broad SMARTS) is 2. The van der Waals surface area contributed by atoms with Gasteiger partial charge in [-0.2, -0.15) is 0 Å². The predicted molar refractivity (Wildman–Crippen MR) is 83.0 cm³/mol. The van der Waals surface area contributed by atoms with Crippen LogP contribution in [0.25, 0.3) is 0 Å². The standard InChI is InChI=1S/C15H21O6P/c1-9-4-6-13(11(3)10(9)2)22(20,21)8-12(15(18)19)5-7-14(16)17/h4,6,12H,5,7-8H2,1-3H3,(H,16,17)(H,18,19)(H,20,21). The molecular formula is C15H21O6P. The third-order valence-corrected chi connectivity index (χ3v) is 6.10. The summed E-state index contributed by atoms with van der Waals surface area (Å²) in [7, 11) is -3.87. The van der Waals surface area contributed by atoms with Crippen molar-refractivity contribution in [3.8, 4) is 0 Å². The van der Waals surface area contributed by atoms with Gasteiger partial charge < -0.3 is 15.1 Å². The molecule has 6 nitrogen and oxygen atoms in total. The number of hydrogen-bond donors (Lipinski definition) is 3. The molecule has 1 aromatic carbocycles. The van der Waals surface area contributed by atoms with Crippen LogP contribution in [0.1, 0.15) is 29.5 Å². The summed E-state index contributed by atoms with van der Waals surface area (Å²) in [5.74, 6) is -3.54. The molecule has 2 unspecified atom stereocenters. The Bertz CT molecular complexity index is 637. The van der Waals surface area contributed by atoms with Crippen molar-refractivity contribution in [1.82, 2.24) is 0 Å². The Kier molecular flexibility index (Phi) is 5.92. The maximum Gasteiger partial charge on any atom is 0.307 e. The topological polar surface area (TPSA) is 112 Å². The first-order chi connectivity index (χ1) is 10.1. The third kappa shape index (κ3) is 4.42. The predicted octanol–water partition coefficient (Wildman–Crippen LogP) is 2.07. The van der Waals surface area contributed by atoms with Gasteiger partial charge in [0.2, 0.25) is 7.37 Å². The van der Waals surface area contributed by atoms with Gasteiger partial charge in [-0.05, 0) is 49.9 Å². The van der Waals surface area contributed by atoms with E-state index < -0.39 is 31.4 Å². The van der Waals surface area contributed by atoms with E-state index in [4.69, 9.17) is 10.2 Å². The molecule has 0 saturated carbocycles. The van der Waals surface area contributed by atoms with Gasteiger partial charge in [-0.3, -0.25) is 14.2 Å². The Balaban J connectivity index is 3.07. The van der Waals surface area contributed by atoms with E-state index >= 15 is 0 Å². The summed E-state index contributed by atoms with van der Waals surface area (Å²) in [5.41, 5.74) is 2.55. The first-order valence-electron chi connectivity index (χ1n) is 6.90. The van der Waals surface area contributed by atoms with Crippen LogP contribution >= 0.6 is 7.37 Å². The fourth-order valence-electron chi connectivity index (χ4n) is 2.31. The Morgan fingerprint density at radius 1 is 1.14 bits per heavy atom.